The molecule has 0 saturated heterocycles. The van der Waals surface area contributed by atoms with Crippen LogP contribution in [0.5, 0.6) is 5.75 Å². The molecule has 1 aromatic rings. The first kappa shape index (κ1) is 21.1. The summed E-state index contributed by atoms with van der Waals surface area (Å²) in [6.07, 6.45) is 19.7. The number of aryl methyl sites for hydroxylation is 1. The molecule has 0 aliphatic rings. The molecule has 0 aliphatic carbocycles. The predicted molar refractivity (Wildman–Crippen MR) is 107 cm³/mol. The second-order valence-electron chi connectivity index (χ2n) is 7.30. The fraction of sp³-hybridized carbons (Fsp3) is 0.739. The molecule has 0 unspecified atom stereocenters. The maximum Gasteiger partial charge on any atom is 0.119 e. The average molecular weight is 333 g/mol. The van der Waals surface area contributed by atoms with Crippen molar-refractivity contribution in [3.05, 3.63) is 29.3 Å². The Labute approximate surface area is 150 Å². The first-order valence-corrected chi connectivity index (χ1v) is 10.6. The lowest BCUT2D eigenvalue weighted by atomic mass is 9.96. The molecule has 0 radical (unpaired) electrons. The van der Waals surface area contributed by atoms with Crippen LogP contribution in [-0.2, 0) is 12.8 Å². The van der Waals surface area contributed by atoms with Gasteiger partial charge in [0.2, 0.25) is 0 Å². The Kier molecular flexibility index (Phi) is 12.6. The predicted octanol–water partition coefficient (Wildman–Crippen LogP) is 7.59. The maximum absolute atomic E-state index is 10.2. The largest absolute Gasteiger partial charge is 0.508 e. The van der Waals surface area contributed by atoms with E-state index in [2.05, 4.69) is 19.9 Å². The molecule has 0 spiro atoms. The van der Waals surface area contributed by atoms with E-state index in [-0.39, 0.29) is 0 Å². The highest BCUT2D eigenvalue weighted by molar-refractivity contribution is 5.39. The molecule has 0 aliphatic heterocycles. The van der Waals surface area contributed by atoms with Crippen molar-refractivity contribution in [1.82, 2.24) is 0 Å². The number of phenols is 1. The van der Waals surface area contributed by atoms with Gasteiger partial charge in [-0.3, -0.25) is 0 Å². The second kappa shape index (κ2) is 14.4. The van der Waals surface area contributed by atoms with E-state index in [0.29, 0.717) is 5.75 Å². The fourth-order valence-electron chi connectivity index (χ4n) is 3.50. The molecule has 0 saturated carbocycles. The lowest BCUT2D eigenvalue weighted by molar-refractivity contribution is 0.464. The normalized spacial score (nSPS) is 11.1. The van der Waals surface area contributed by atoms with Gasteiger partial charge in [-0.2, -0.15) is 0 Å². The SMILES string of the molecule is CCCCCCCCCCCCc1cccc(O)c1CCCCC. The minimum atomic E-state index is 0.510. The minimum absolute atomic E-state index is 0.510. The van der Waals surface area contributed by atoms with Gasteiger partial charge in [0.05, 0.1) is 0 Å². The summed E-state index contributed by atoms with van der Waals surface area (Å²) in [7, 11) is 0. The van der Waals surface area contributed by atoms with Crippen molar-refractivity contribution in [2.45, 2.75) is 110 Å². The molecular formula is C23H40O. The Balaban J connectivity index is 2.17. The van der Waals surface area contributed by atoms with Crippen LogP contribution in [0.4, 0.5) is 0 Å². The first-order chi connectivity index (χ1) is 11.8. The van der Waals surface area contributed by atoms with Crippen molar-refractivity contribution in [3.63, 3.8) is 0 Å². The van der Waals surface area contributed by atoms with Gasteiger partial charge in [0.1, 0.15) is 5.75 Å². The molecule has 1 aromatic carbocycles. The van der Waals surface area contributed by atoms with Gasteiger partial charge in [-0.1, -0.05) is 96.6 Å². The highest BCUT2D eigenvalue weighted by Crippen LogP contribution is 2.25. The van der Waals surface area contributed by atoms with Gasteiger partial charge in [0, 0.05) is 0 Å². The van der Waals surface area contributed by atoms with E-state index < -0.39 is 0 Å². The third-order valence-electron chi connectivity index (χ3n) is 5.08. The molecule has 0 atom stereocenters. The Morgan fingerprint density at radius 2 is 1.12 bits per heavy atom. The van der Waals surface area contributed by atoms with Gasteiger partial charge in [-0.15, -0.1) is 0 Å². The summed E-state index contributed by atoms with van der Waals surface area (Å²) in [5.74, 6) is 0.510. The molecule has 0 bridgehead atoms. The molecule has 1 nitrogen and oxygen atoms in total. The van der Waals surface area contributed by atoms with Crippen LogP contribution in [0.2, 0.25) is 0 Å². The van der Waals surface area contributed by atoms with E-state index in [0.717, 1.165) is 12.8 Å². The Hall–Kier alpha value is -0.980. The van der Waals surface area contributed by atoms with Crippen molar-refractivity contribution in [2.75, 3.05) is 0 Å². The molecule has 0 amide bonds. The number of hydrogen-bond acceptors (Lipinski definition) is 1. The van der Waals surface area contributed by atoms with Gasteiger partial charge < -0.3 is 5.11 Å². The highest BCUT2D eigenvalue weighted by Gasteiger charge is 2.07. The summed E-state index contributed by atoms with van der Waals surface area (Å²) >= 11 is 0. The van der Waals surface area contributed by atoms with Crippen LogP contribution in [0.1, 0.15) is 108 Å². The van der Waals surface area contributed by atoms with Crippen LogP contribution in [0.15, 0.2) is 18.2 Å². The third-order valence-corrected chi connectivity index (χ3v) is 5.08. The van der Waals surface area contributed by atoms with Gasteiger partial charge >= 0.3 is 0 Å². The number of benzene rings is 1. The maximum atomic E-state index is 10.2. The van der Waals surface area contributed by atoms with Crippen molar-refractivity contribution < 1.29 is 5.11 Å². The van der Waals surface area contributed by atoms with Crippen LogP contribution in [0, 0.1) is 0 Å². The van der Waals surface area contributed by atoms with E-state index in [1.165, 1.54) is 94.6 Å². The molecule has 1 N–H and O–H groups in total. The zero-order valence-corrected chi connectivity index (χ0v) is 16.3. The van der Waals surface area contributed by atoms with E-state index >= 15 is 0 Å². The average Bonchev–Trinajstić information content (AvgIpc) is 2.59. The van der Waals surface area contributed by atoms with Crippen molar-refractivity contribution in [3.8, 4) is 5.75 Å². The Morgan fingerprint density at radius 1 is 0.625 bits per heavy atom. The zero-order chi connectivity index (χ0) is 17.5. The highest BCUT2D eigenvalue weighted by atomic mass is 16.3. The summed E-state index contributed by atoms with van der Waals surface area (Å²) < 4.78 is 0. The van der Waals surface area contributed by atoms with Crippen molar-refractivity contribution >= 4 is 0 Å². The van der Waals surface area contributed by atoms with E-state index in [1.807, 2.05) is 12.1 Å². The quantitative estimate of drug-likeness (QED) is 0.328. The Bertz CT molecular complexity index is 410. The first-order valence-electron chi connectivity index (χ1n) is 10.6. The van der Waals surface area contributed by atoms with Gasteiger partial charge in [-0.05, 0) is 42.9 Å². The lowest BCUT2D eigenvalue weighted by Gasteiger charge is -2.11. The standard InChI is InChI=1S/C23H40O/c1-3-5-7-8-9-10-11-12-13-15-17-21-18-16-20-23(24)22(21)19-14-6-4-2/h16,18,20,24H,3-15,17,19H2,1-2H3. The topological polar surface area (TPSA) is 20.2 Å². The molecule has 0 heterocycles. The van der Waals surface area contributed by atoms with Gasteiger partial charge in [0.25, 0.3) is 0 Å². The van der Waals surface area contributed by atoms with E-state index in [1.54, 1.807) is 0 Å². The smallest absolute Gasteiger partial charge is 0.119 e. The monoisotopic (exact) mass is 332 g/mol. The van der Waals surface area contributed by atoms with E-state index in [4.69, 9.17) is 0 Å². The minimum Gasteiger partial charge on any atom is -0.508 e. The Morgan fingerprint density at radius 3 is 1.75 bits per heavy atom. The van der Waals surface area contributed by atoms with Gasteiger partial charge in [0.15, 0.2) is 0 Å². The number of unbranched alkanes of at least 4 members (excludes halogenated alkanes) is 11. The number of phenolic OH excluding ortho intramolecular Hbond substituents is 1. The van der Waals surface area contributed by atoms with Gasteiger partial charge in [-0.25, -0.2) is 0 Å². The fourth-order valence-corrected chi connectivity index (χ4v) is 3.50. The van der Waals surface area contributed by atoms with E-state index in [9.17, 15) is 5.11 Å². The summed E-state index contributed by atoms with van der Waals surface area (Å²) in [6, 6.07) is 6.07. The van der Waals surface area contributed by atoms with Crippen molar-refractivity contribution in [2.24, 2.45) is 0 Å². The molecule has 0 aromatic heterocycles. The van der Waals surface area contributed by atoms with Crippen LogP contribution in [0.25, 0.3) is 0 Å². The second-order valence-corrected chi connectivity index (χ2v) is 7.30. The summed E-state index contributed by atoms with van der Waals surface area (Å²) in [6.45, 7) is 4.51. The summed E-state index contributed by atoms with van der Waals surface area (Å²) in [4.78, 5) is 0. The number of rotatable bonds is 15. The molecule has 138 valence electrons. The summed E-state index contributed by atoms with van der Waals surface area (Å²) in [5, 5.41) is 10.2. The molecule has 1 heteroatoms. The van der Waals surface area contributed by atoms with Crippen LogP contribution in [-0.4, -0.2) is 5.11 Å². The molecular weight excluding hydrogens is 292 g/mol. The molecule has 1 rings (SSSR count). The number of aromatic hydroxyl groups is 1. The zero-order valence-electron chi connectivity index (χ0n) is 16.3. The number of hydrogen-bond donors (Lipinski definition) is 1. The van der Waals surface area contributed by atoms with Crippen LogP contribution in [0.3, 0.4) is 0 Å². The molecule has 24 heavy (non-hydrogen) atoms. The molecule has 0 fully saturated rings. The lowest BCUT2D eigenvalue weighted by Crippen LogP contribution is -1.96. The van der Waals surface area contributed by atoms with Crippen molar-refractivity contribution in [1.29, 1.82) is 0 Å². The third kappa shape index (κ3) is 9.35. The van der Waals surface area contributed by atoms with Crippen LogP contribution < -0.4 is 0 Å². The summed E-state index contributed by atoms with van der Waals surface area (Å²) in [5.41, 5.74) is 2.59. The van der Waals surface area contributed by atoms with Crippen LogP contribution >= 0.6 is 0 Å².